The predicted octanol–water partition coefficient (Wildman–Crippen LogP) is 2.44. The van der Waals surface area contributed by atoms with Gasteiger partial charge in [-0.05, 0) is 36.6 Å². The van der Waals surface area contributed by atoms with Crippen molar-refractivity contribution in [3.05, 3.63) is 40.6 Å². The molecule has 20 heavy (non-hydrogen) atoms. The Morgan fingerprint density at radius 1 is 1.35 bits per heavy atom. The third kappa shape index (κ3) is 3.30. The molecular weight excluding hydrogens is 298 g/mol. The maximum atomic E-state index is 12.2. The fourth-order valence-corrected chi connectivity index (χ4v) is 3.44. The maximum absolute atomic E-state index is 12.2. The first-order valence-corrected chi connectivity index (χ1v) is 8.41. The number of ether oxygens (including phenoxy) is 1. The molecule has 0 amide bonds. The first-order valence-electron chi connectivity index (χ1n) is 5.98. The van der Waals surface area contributed by atoms with Crippen molar-refractivity contribution in [3.8, 4) is 5.75 Å². The molecule has 1 aromatic carbocycles. The number of thiophene rings is 1. The molecule has 0 radical (unpaired) electrons. The quantitative estimate of drug-likeness (QED) is 0.859. The number of anilines is 1. The van der Waals surface area contributed by atoms with Gasteiger partial charge in [0.15, 0.2) is 0 Å². The summed E-state index contributed by atoms with van der Waals surface area (Å²) in [6.07, 6.45) is 0. The molecule has 2 rings (SSSR count). The molecule has 0 saturated heterocycles. The summed E-state index contributed by atoms with van der Waals surface area (Å²) in [4.78, 5) is 0.0937. The van der Waals surface area contributed by atoms with Crippen LogP contribution in [0.2, 0.25) is 0 Å². The zero-order chi connectivity index (χ0) is 14.6. The van der Waals surface area contributed by atoms with Crippen LogP contribution >= 0.6 is 11.3 Å². The predicted molar refractivity (Wildman–Crippen MR) is 78.7 cm³/mol. The maximum Gasteiger partial charge on any atom is 0.261 e. The van der Waals surface area contributed by atoms with Gasteiger partial charge >= 0.3 is 0 Å². The number of sulfonamides is 1. The molecule has 0 fully saturated rings. The zero-order valence-corrected chi connectivity index (χ0v) is 12.5. The van der Waals surface area contributed by atoms with Crippen molar-refractivity contribution in [3.63, 3.8) is 0 Å². The van der Waals surface area contributed by atoms with Crippen LogP contribution in [0.1, 0.15) is 12.5 Å². The Morgan fingerprint density at radius 3 is 2.75 bits per heavy atom. The number of rotatable bonds is 6. The Hall–Kier alpha value is -1.57. The van der Waals surface area contributed by atoms with Gasteiger partial charge in [0, 0.05) is 10.9 Å². The molecule has 0 aliphatic heterocycles. The van der Waals surface area contributed by atoms with Crippen LogP contribution in [0, 0.1) is 0 Å². The highest BCUT2D eigenvalue weighted by Gasteiger charge is 2.16. The van der Waals surface area contributed by atoms with Crippen LogP contribution in [0.25, 0.3) is 0 Å². The van der Waals surface area contributed by atoms with Crippen LogP contribution in [0.5, 0.6) is 5.75 Å². The summed E-state index contributed by atoms with van der Waals surface area (Å²) in [6, 6.07) is 6.11. The summed E-state index contributed by atoms with van der Waals surface area (Å²) in [5, 5.41) is 12.8. The summed E-state index contributed by atoms with van der Waals surface area (Å²) in [6.45, 7) is 1.99. The second kappa shape index (κ2) is 6.25. The fourth-order valence-electron chi connectivity index (χ4n) is 1.68. The van der Waals surface area contributed by atoms with Gasteiger partial charge in [0.25, 0.3) is 10.0 Å². The lowest BCUT2D eigenvalue weighted by molar-refractivity contribution is 0.266. The summed E-state index contributed by atoms with van der Waals surface area (Å²) in [5.74, 6) is 0.490. The largest absolute Gasteiger partial charge is 0.494 e. The molecule has 108 valence electrons. The number of hydrogen-bond donors (Lipinski definition) is 2. The molecule has 2 aromatic rings. The van der Waals surface area contributed by atoms with Gasteiger partial charge in [-0.1, -0.05) is 0 Å². The van der Waals surface area contributed by atoms with E-state index in [4.69, 9.17) is 4.74 Å². The van der Waals surface area contributed by atoms with Gasteiger partial charge in [0.2, 0.25) is 0 Å². The molecule has 0 aliphatic carbocycles. The van der Waals surface area contributed by atoms with E-state index in [2.05, 4.69) is 4.72 Å². The van der Waals surface area contributed by atoms with Crippen molar-refractivity contribution >= 4 is 27.0 Å². The molecule has 7 heteroatoms. The second-order valence-electron chi connectivity index (χ2n) is 3.98. The first-order chi connectivity index (χ1) is 9.56. The smallest absolute Gasteiger partial charge is 0.261 e. The van der Waals surface area contributed by atoms with E-state index in [0.717, 1.165) is 0 Å². The summed E-state index contributed by atoms with van der Waals surface area (Å²) in [7, 11) is -3.66. The van der Waals surface area contributed by atoms with Gasteiger partial charge in [0.1, 0.15) is 5.75 Å². The van der Waals surface area contributed by atoms with E-state index in [0.29, 0.717) is 23.6 Å². The molecule has 1 heterocycles. The lowest BCUT2D eigenvalue weighted by Gasteiger charge is -2.11. The molecule has 0 aliphatic rings. The average molecular weight is 313 g/mol. The molecule has 0 atom stereocenters. The number of aliphatic hydroxyl groups is 1. The number of aliphatic hydroxyl groups excluding tert-OH is 1. The Morgan fingerprint density at radius 2 is 2.15 bits per heavy atom. The van der Waals surface area contributed by atoms with E-state index in [-0.39, 0.29) is 11.5 Å². The van der Waals surface area contributed by atoms with Crippen LogP contribution in [-0.4, -0.2) is 20.1 Å². The summed E-state index contributed by atoms with van der Waals surface area (Å²) < 4.78 is 32.2. The van der Waals surface area contributed by atoms with Crippen molar-refractivity contribution in [1.82, 2.24) is 0 Å². The van der Waals surface area contributed by atoms with E-state index in [9.17, 15) is 13.5 Å². The third-order valence-corrected chi connectivity index (χ3v) is 4.65. The van der Waals surface area contributed by atoms with Crippen LogP contribution in [0.15, 0.2) is 39.9 Å². The van der Waals surface area contributed by atoms with Gasteiger partial charge < -0.3 is 9.84 Å². The highest BCUT2D eigenvalue weighted by molar-refractivity contribution is 7.92. The van der Waals surface area contributed by atoms with E-state index >= 15 is 0 Å². The molecule has 0 saturated carbocycles. The highest BCUT2D eigenvalue weighted by atomic mass is 32.2. The van der Waals surface area contributed by atoms with Crippen LogP contribution in [0.3, 0.4) is 0 Å². The summed E-state index contributed by atoms with van der Waals surface area (Å²) in [5.41, 5.74) is 0.967. The van der Waals surface area contributed by atoms with Crippen molar-refractivity contribution in [2.75, 3.05) is 11.3 Å². The van der Waals surface area contributed by atoms with Gasteiger partial charge in [-0.2, -0.15) is 11.3 Å². The molecular formula is C13H15NO4S2. The first kappa shape index (κ1) is 14.8. The zero-order valence-electron chi connectivity index (χ0n) is 10.9. The van der Waals surface area contributed by atoms with E-state index in [1.54, 1.807) is 22.9 Å². The average Bonchev–Trinajstić information content (AvgIpc) is 2.91. The molecule has 0 unspecified atom stereocenters. The van der Waals surface area contributed by atoms with Crippen molar-refractivity contribution in [2.45, 2.75) is 18.4 Å². The number of nitrogens with one attached hydrogen (secondary N) is 1. The monoisotopic (exact) mass is 313 g/mol. The van der Waals surface area contributed by atoms with Gasteiger partial charge in [-0.15, -0.1) is 0 Å². The van der Waals surface area contributed by atoms with Gasteiger partial charge in [0.05, 0.1) is 23.8 Å². The van der Waals surface area contributed by atoms with Crippen LogP contribution in [0.4, 0.5) is 5.69 Å². The van der Waals surface area contributed by atoms with E-state index in [1.165, 1.54) is 23.5 Å². The third-order valence-electron chi connectivity index (χ3n) is 2.59. The number of benzene rings is 1. The van der Waals surface area contributed by atoms with Gasteiger partial charge in [-0.3, -0.25) is 4.72 Å². The lowest BCUT2D eigenvalue weighted by Crippen LogP contribution is -2.13. The van der Waals surface area contributed by atoms with Crippen molar-refractivity contribution in [1.29, 1.82) is 0 Å². The molecule has 5 nitrogen and oxygen atoms in total. The standard InChI is InChI=1S/C13H15NO4S2/c1-2-18-13-4-3-12(7-10(13)8-15)20(16,17)14-11-5-6-19-9-11/h3-7,9,14-15H,2,8H2,1H3. The molecule has 0 spiro atoms. The SMILES string of the molecule is CCOc1ccc(S(=O)(=O)Nc2ccsc2)cc1CO. The summed E-state index contributed by atoms with van der Waals surface area (Å²) >= 11 is 1.41. The Labute approximate surface area is 121 Å². The van der Waals surface area contributed by atoms with Crippen LogP contribution < -0.4 is 9.46 Å². The highest BCUT2D eigenvalue weighted by Crippen LogP contribution is 2.25. The molecule has 0 bridgehead atoms. The van der Waals surface area contributed by atoms with E-state index < -0.39 is 10.0 Å². The van der Waals surface area contributed by atoms with E-state index in [1.807, 2.05) is 6.92 Å². The minimum absolute atomic E-state index is 0.0937. The second-order valence-corrected chi connectivity index (χ2v) is 6.44. The minimum Gasteiger partial charge on any atom is -0.494 e. The van der Waals surface area contributed by atoms with Crippen molar-refractivity contribution in [2.24, 2.45) is 0 Å². The lowest BCUT2D eigenvalue weighted by atomic mass is 10.2. The Balaban J connectivity index is 2.32. The normalized spacial score (nSPS) is 11.3. The fraction of sp³-hybridized carbons (Fsp3) is 0.231. The topological polar surface area (TPSA) is 75.6 Å². The Kier molecular flexibility index (Phi) is 4.64. The van der Waals surface area contributed by atoms with Crippen LogP contribution in [-0.2, 0) is 16.6 Å². The molecule has 2 N–H and O–H groups in total. The number of hydrogen-bond acceptors (Lipinski definition) is 5. The molecule has 1 aromatic heterocycles. The van der Waals surface area contributed by atoms with Gasteiger partial charge in [-0.25, -0.2) is 8.42 Å². The minimum atomic E-state index is -3.66. The van der Waals surface area contributed by atoms with Crippen molar-refractivity contribution < 1.29 is 18.3 Å². The Bertz CT molecular complexity index is 666.